The standard InChI is InChI=1S/C17H16N2O/c20-17(15-13-7-3-1-5-11(13)9-18-15)16-14-8-4-2-6-12(14)10-19-16/h1-8,15-16,18-19H,9-10H2. The highest BCUT2D eigenvalue weighted by Gasteiger charge is 2.36. The van der Waals surface area contributed by atoms with Crippen LogP contribution in [0.3, 0.4) is 0 Å². The molecule has 0 saturated heterocycles. The van der Waals surface area contributed by atoms with Crippen molar-refractivity contribution in [2.24, 2.45) is 0 Å². The second kappa shape index (κ2) is 4.54. The summed E-state index contributed by atoms with van der Waals surface area (Å²) in [6.07, 6.45) is 0. The summed E-state index contributed by atoms with van der Waals surface area (Å²) in [4.78, 5) is 12.8. The van der Waals surface area contributed by atoms with Crippen LogP contribution in [-0.2, 0) is 17.9 Å². The molecule has 0 amide bonds. The number of hydrogen-bond acceptors (Lipinski definition) is 3. The first-order valence-corrected chi connectivity index (χ1v) is 7.01. The number of carbonyl (C=O) groups is 1. The smallest absolute Gasteiger partial charge is 0.175 e. The average molecular weight is 264 g/mol. The van der Waals surface area contributed by atoms with E-state index in [4.69, 9.17) is 0 Å². The van der Waals surface area contributed by atoms with Crippen molar-refractivity contribution >= 4 is 5.78 Å². The van der Waals surface area contributed by atoms with Gasteiger partial charge in [0.2, 0.25) is 0 Å². The molecule has 0 aliphatic carbocycles. The van der Waals surface area contributed by atoms with Crippen LogP contribution < -0.4 is 10.6 Å². The van der Waals surface area contributed by atoms with Crippen LogP contribution in [-0.4, -0.2) is 5.78 Å². The number of hydrogen-bond donors (Lipinski definition) is 2. The van der Waals surface area contributed by atoms with Crippen molar-refractivity contribution in [1.29, 1.82) is 0 Å². The van der Waals surface area contributed by atoms with E-state index in [9.17, 15) is 4.79 Å². The van der Waals surface area contributed by atoms with Gasteiger partial charge in [0.15, 0.2) is 5.78 Å². The quantitative estimate of drug-likeness (QED) is 0.874. The zero-order valence-electron chi connectivity index (χ0n) is 11.1. The highest BCUT2D eigenvalue weighted by molar-refractivity contribution is 5.92. The van der Waals surface area contributed by atoms with Crippen LogP contribution in [0.5, 0.6) is 0 Å². The summed E-state index contributed by atoms with van der Waals surface area (Å²) in [5, 5.41) is 6.68. The summed E-state index contributed by atoms with van der Waals surface area (Å²) >= 11 is 0. The van der Waals surface area contributed by atoms with E-state index in [2.05, 4.69) is 34.9 Å². The number of benzene rings is 2. The topological polar surface area (TPSA) is 41.1 Å². The molecule has 2 aliphatic rings. The minimum absolute atomic E-state index is 0.185. The van der Waals surface area contributed by atoms with Gasteiger partial charge >= 0.3 is 0 Å². The summed E-state index contributed by atoms with van der Waals surface area (Å²) in [6.45, 7) is 1.56. The molecule has 2 aromatic carbocycles. The Bertz CT molecular complexity index is 623. The molecule has 2 heterocycles. The molecule has 0 fully saturated rings. The maximum absolute atomic E-state index is 12.8. The lowest BCUT2D eigenvalue weighted by atomic mass is 9.94. The highest BCUT2D eigenvalue weighted by atomic mass is 16.1. The first-order valence-electron chi connectivity index (χ1n) is 7.01. The zero-order chi connectivity index (χ0) is 13.5. The summed E-state index contributed by atoms with van der Waals surface area (Å²) in [5.41, 5.74) is 4.72. The molecule has 100 valence electrons. The van der Waals surface area contributed by atoms with E-state index in [1.165, 1.54) is 11.1 Å². The molecule has 0 aromatic heterocycles. The Labute approximate surface area is 118 Å². The minimum atomic E-state index is -0.185. The molecule has 20 heavy (non-hydrogen) atoms. The van der Waals surface area contributed by atoms with Crippen LogP contribution >= 0.6 is 0 Å². The van der Waals surface area contributed by atoms with Gasteiger partial charge in [0, 0.05) is 13.1 Å². The van der Waals surface area contributed by atoms with E-state index >= 15 is 0 Å². The summed E-state index contributed by atoms with van der Waals surface area (Å²) in [7, 11) is 0. The third kappa shape index (κ3) is 1.71. The van der Waals surface area contributed by atoms with E-state index in [1.54, 1.807) is 0 Å². The molecule has 4 rings (SSSR count). The fourth-order valence-corrected chi connectivity index (χ4v) is 3.27. The SMILES string of the molecule is O=C(C1NCc2ccccc21)C1NCc2ccccc21. The first-order chi connectivity index (χ1) is 9.84. The van der Waals surface area contributed by atoms with Gasteiger partial charge < -0.3 is 0 Å². The van der Waals surface area contributed by atoms with Gasteiger partial charge in [-0.05, 0) is 22.3 Å². The van der Waals surface area contributed by atoms with Gasteiger partial charge in [-0.1, -0.05) is 48.5 Å². The van der Waals surface area contributed by atoms with Gasteiger partial charge in [-0.15, -0.1) is 0 Å². The second-order valence-corrected chi connectivity index (χ2v) is 5.43. The molecule has 0 spiro atoms. The lowest BCUT2D eigenvalue weighted by Crippen LogP contribution is -2.31. The van der Waals surface area contributed by atoms with Gasteiger partial charge in [0.25, 0.3) is 0 Å². The molecule has 2 aromatic rings. The fourth-order valence-electron chi connectivity index (χ4n) is 3.27. The predicted octanol–water partition coefficient (Wildman–Crippen LogP) is 2.24. The molecule has 0 bridgehead atoms. The number of nitrogens with one attached hydrogen (secondary N) is 2. The van der Waals surface area contributed by atoms with Crippen molar-refractivity contribution in [1.82, 2.24) is 10.6 Å². The lowest BCUT2D eigenvalue weighted by molar-refractivity contribution is -0.123. The minimum Gasteiger partial charge on any atom is -0.300 e. The van der Waals surface area contributed by atoms with E-state index in [1.807, 2.05) is 24.3 Å². The van der Waals surface area contributed by atoms with Crippen LogP contribution in [0.1, 0.15) is 34.3 Å². The molecule has 3 heteroatoms. The Morgan fingerprint density at radius 3 is 1.75 bits per heavy atom. The van der Waals surface area contributed by atoms with Crippen molar-refractivity contribution < 1.29 is 4.79 Å². The van der Waals surface area contributed by atoms with E-state index in [0.717, 1.165) is 24.2 Å². The van der Waals surface area contributed by atoms with Crippen molar-refractivity contribution in [3.8, 4) is 0 Å². The lowest BCUT2D eigenvalue weighted by Gasteiger charge is -2.17. The maximum Gasteiger partial charge on any atom is 0.175 e. The monoisotopic (exact) mass is 264 g/mol. The normalized spacial score (nSPS) is 23.4. The van der Waals surface area contributed by atoms with E-state index in [-0.39, 0.29) is 17.9 Å². The number of carbonyl (C=O) groups excluding carboxylic acids is 1. The average Bonchev–Trinajstić information content (AvgIpc) is 3.11. The summed E-state index contributed by atoms with van der Waals surface area (Å²) in [6, 6.07) is 16.0. The Morgan fingerprint density at radius 1 is 0.800 bits per heavy atom. The van der Waals surface area contributed by atoms with Crippen LogP contribution in [0.25, 0.3) is 0 Å². The van der Waals surface area contributed by atoms with Crippen LogP contribution in [0.4, 0.5) is 0 Å². The molecule has 0 saturated carbocycles. The largest absolute Gasteiger partial charge is 0.300 e. The number of fused-ring (bicyclic) bond motifs is 2. The zero-order valence-corrected chi connectivity index (χ0v) is 11.1. The number of Topliss-reactive ketones (excluding diaryl/α,β-unsaturated/α-hetero) is 1. The predicted molar refractivity (Wildman–Crippen MR) is 77.1 cm³/mol. The Hall–Kier alpha value is -1.97. The number of ketones is 1. The van der Waals surface area contributed by atoms with Gasteiger partial charge in [0.05, 0.1) is 12.1 Å². The Morgan fingerprint density at radius 2 is 1.25 bits per heavy atom. The van der Waals surface area contributed by atoms with Crippen LogP contribution in [0.2, 0.25) is 0 Å². The molecule has 2 aliphatic heterocycles. The summed E-state index contributed by atoms with van der Waals surface area (Å²) < 4.78 is 0. The van der Waals surface area contributed by atoms with Gasteiger partial charge in [-0.3, -0.25) is 15.4 Å². The molecule has 2 N–H and O–H groups in total. The first kappa shape index (κ1) is 11.8. The van der Waals surface area contributed by atoms with Crippen LogP contribution in [0, 0.1) is 0 Å². The highest BCUT2D eigenvalue weighted by Crippen LogP contribution is 2.33. The third-order valence-corrected chi connectivity index (χ3v) is 4.29. The maximum atomic E-state index is 12.8. The molecular formula is C17H16N2O. The van der Waals surface area contributed by atoms with Crippen molar-refractivity contribution in [3.05, 3.63) is 70.8 Å². The second-order valence-electron chi connectivity index (χ2n) is 5.43. The molecule has 0 radical (unpaired) electrons. The molecule has 2 unspecified atom stereocenters. The van der Waals surface area contributed by atoms with Crippen molar-refractivity contribution in [3.63, 3.8) is 0 Å². The van der Waals surface area contributed by atoms with Gasteiger partial charge in [-0.25, -0.2) is 0 Å². The van der Waals surface area contributed by atoms with Crippen LogP contribution in [0.15, 0.2) is 48.5 Å². The van der Waals surface area contributed by atoms with Gasteiger partial charge in [-0.2, -0.15) is 0 Å². The van der Waals surface area contributed by atoms with E-state index < -0.39 is 0 Å². The van der Waals surface area contributed by atoms with Gasteiger partial charge in [0.1, 0.15) is 0 Å². The van der Waals surface area contributed by atoms with Crippen molar-refractivity contribution in [2.75, 3.05) is 0 Å². The summed E-state index contributed by atoms with van der Waals surface area (Å²) in [5.74, 6) is 0.222. The Kier molecular flexibility index (Phi) is 2.69. The Balaban J connectivity index is 1.67. The third-order valence-electron chi connectivity index (χ3n) is 4.29. The number of rotatable bonds is 2. The molecular weight excluding hydrogens is 248 g/mol. The molecule has 3 nitrogen and oxygen atoms in total. The fraction of sp³-hybridized carbons (Fsp3) is 0.235. The molecule has 2 atom stereocenters. The van der Waals surface area contributed by atoms with E-state index in [0.29, 0.717) is 0 Å². The van der Waals surface area contributed by atoms with Crippen molar-refractivity contribution in [2.45, 2.75) is 25.2 Å².